The second-order valence-corrected chi connectivity index (χ2v) is 5.55. The van der Waals surface area contributed by atoms with E-state index in [1.54, 1.807) is 0 Å². The van der Waals surface area contributed by atoms with Crippen molar-refractivity contribution in [1.29, 1.82) is 0 Å². The Labute approximate surface area is 98.9 Å². The van der Waals surface area contributed by atoms with Crippen molar-refractivity contribution < 1.29 is 4.79 Å². The van der Waals surface area contributed by atoms with Crippen LogP contribution in [0.3, 0.4) is 0 Å². The zero-order chi connectivity index (χ0) is 12.5. The molecule has 1 heteroatoms. The van der Waals surface area contributed by atoms with Gasteiger partial charge in [-0.15, -0.1) is 0 Å². The van der Waals surface area contributed by atoms with Gasteiger partial charge in [0.1, 0.15) is 6.29 Å². The molecule has 0 heterocycles. The van der Waals surface area contributed by atoms with Crippen LogP contribution in [0, 0.1) is 11.3 Å². The van der Waals surface area contributed by atoms with E-state index in [1.807, 2.05) is 6.92 Å². The van der Waals surface area contributed by atoms with Crippen LogP contribution >= 0.6 is 0 Å². The number of carbonyl (C=O) groups is 1. The van der Waals surface area contributed by atoms with Crippen molar-refractivity contribution in [1.82, 2.24) is 0 Å². The van der Waals surface area contributed by atoms with Crippen LogP contribution in [0.15, 0.2) is 34.4 Å². The van der Waals surface area contributed by atoms with Crippen LogP contribution in [0.2, 0.25) is 0 Å². The molecule has 1 aliphatic rings. The highest BCUT2D eigenvalue weighted by atomic mass is 16.1. The molecule has 1 unspecified atom stereocenters. The highest BCUT2D eigenvalue weighted by Crippen LogP contribution is 2.48. The van der Waals surface area contributed by atoms with Crippen molar-refractivity contribution in [2.75, 3.05) is 0 Å². The Bertz CT molecular complexity index is 386. The lowest BCUT2D eigenvalue weighted by molar-refractivity contribution is -0.109. The lowest BCUT2D eigenvalue weighted by atomic mass is 9.64. The zero-order valence-corrected chi connectivity index (χ0v) is 11.2. The number of hydrogen-bond acceptors (Lipinski definition) is 1. The molecule has 0 bridgehead atoms. The maximum absolute atomic E-state index is 11.1. The van der Waals surface area contributed by atoms with Crippen molar-refractivity contribution in [3.8, 4) is 0 Å². The summed E-state index contributed by atoms with van der Waals surface area (Å²) in [5, 5.41) is 0. The quantitative estimate of drug-likeness (QED) is 0.638. The van der Waals surface area contributed by atoms with E-state index in [9.17, 15) is 4.79 Å². The van der Waals surface area contributed by atoms with Crippen LogP contribution in [-0.2, 0) is 4.79 Å². The molecule has 0 saturated carbocycles. The fraction of sp³-hybridized carbons (Fsp3) is 0.533. The standard InChI is InChI=1S/C15H22O/c1-7-10(2)8-12-13(9-16)11(3)14(12)15(4,5)6/h7-9,13H,1-6H3/b10-7+,12-8+. The summed E-state index contributed by atoms with van der Waals surface area (Å²) in [7, 11) is 0. The van der Waals surface area contributed by atoms with E-state index in [-0.39, 0.29) is 11.3 Å². The lowest BCUT2D eigenvalue weighted by Gasteiger charge is -2.40. The van der Waals surface area contributed by atoms with Crippen molar-refractivity contribution in [3.05, 3.63) is 34.4 Å². The smallest absolute Gasteiger partial charge is 0.131 e. The lowest BCUT2D eigenvalue weighted by Crippen LogP contribution is -2.30. The molecule has 1 rings (SSSR count). The number of rotatable bonds is 2. The highest BCUT2D eigenvalue weighted by Gasteiger charge is 2.37. The van der Waals surface area contributed by atoms with Crippen LogP contribution in [-0.4, -0.2) is 6.29 Å². The molecule has 0 aliphatic heterocycles. The number of aldehydes is 1. The minimum atomic E-state index is 0.0177. The summed E-state index contributed by atoms with van der Waals surface area (Å²) in [6.45, 7) is 12.8. The van der Waals surface area contributed by atoms with Crippen molar-refractivity contribution in [3.63, 3.8) is 0 Å². The first-order valence-electron chi connectivity index (χ1n) is 5.84. The Hall–Kier alpha value is -1.11. The molecular weight excluding hydrogens is 196 g/mol. The molecule has 0 spiro atoms. The van der Waals surface area contributed by atoms with Gasteiger partial charge in [-0.05, 0) is 37.3 Å². The third-order valence-electron chi connectivity index (χ3n) is 3.21. The molecule has 1 aliphatic carbocycles. The van der Waals surface area contributed by atoms with Gasteiger partial charge < -0.3 is 4.79 Å². The minimum absolute atomic E-state index is 0.0177. The zero-order valence-electron chi connectivity index (χ0n) is 11.2. The molecule has 0 N–H and O–H groups in total. The average Bonchev–Trinajstić information content (AvgIpc) is 2.15. The van der Waals surface area contributed by atoms with Gasteiger partial charge in [-0.2, -0.15) is 0 Å². The first-order chi connectivity index (χ1) is 7.32. The second-order valence-electron chi connectivity index (χ2n) is 5.55. The van der Waals surface area contributed by atoms with E-state index >= 15 is 0 Å². The van der Waals surface area contributed by atoms with Crippen molar-refractivity contribution >= 4 is 6.29 Å². The maximum atomic E-state index is 11.1. The number of allylic oxidation sites excluding steroid dienone is 6. The van der Waals surface area contributed by atoms with E-state index in [0.717, 1.165) is 6.29 Å². The van der Waals surface area contributed by atoms with Gasteiger partial charge in [0.15, 0.2) is 0 Å². The average molecular weight is 218 g/mol. The van der Waals surface area contributed by atoms with Crippen molar-refractivity contribution in [2.45, 2.75) is 41.5 Å². The van der Waals surface area contributed by atoms with Gasteiger partial charge in [0.2, 0.25) is 0 Å². The predicted octanol–water partition coefficient (Wildman–Crippen LogP) is 4.07. The molecule has 0 aromatic rings. The van der Waals surface area contributed by atoms with Crippen LogP contribution in [0.25, 0.3) is 0 Å². The molecule has 0 saturated heterocycles. The SMILES string of the molecule is C/C=C(C)/C=C1/C(C(C)(C)C)=C(C)C1C=O. The van der Waals surface area contributed by atoms with E-state index in [0.29, 0.717) is 0 Å². The maximum Gasteiger partial charge on any atom is 0.131 e. The van der Waals surface area contributed by atoms with Gasteiger partial charge in [-0.25, -0.2) is 0 Å². The minimum Gasteiger partial charge on any atom is -0.302 e. The van der Waals surface area contributed by atoms with Crippen LogP contribution in [0.4, 0.5) is 0 Å². The van der Waals surface area contributed by atoms with E-state index in [1.165, 1.54) is 22.3 Å². The van der Waals surface area contributed by atoms with E-state index < -0.39 is 0 Å². The first kappa shape index (κ1) is 13.0. The molecule has 0 fully saturated rings. The fourth-order valence-corrected chi connectivity index (χ4v) is 2.38. The largest absolute Gasteiger partial charge is 0.302 e. The summed E-state index contributed by atoms with van der Waals surface area (Å²) in [5.41, 5.74) is 5.14. The second kappa shape index (κ2) is 4.40. The summed E-state index contributed by atoms with van der Waals surface area (Å²) < 4.78 is 0. The first-order valence-corrected chi connectivity index (χ1v) is 5.84. The Balaban J connectivity index is 3.21. The Kier molecular flexibility index (Phi) is 3.57. The molecule has 88 valence electrons. The summed E-state index contributed by atoms with van der Waals surface area (Å²) in [6.07, 6.45) is 5.27. The monoisotopic (exact) mass is 218 g/mol. The van der Waals surface area contributed by atoms with Crippen molar-refractivity contribution in [2.24, 2.45) is 11.3 Å². The number of hydrogen-bond donors (Lipinski definition) is 0. The molecule has 0 radical (unpaired) electrons. The van der Waals surface area contributed by atoms with Gasteiger partial charge in [0, 0.05) is 0 Å². The van der Waals surface area contributed by atoms with Crippen LogP contribution in [0.5, 0.6) is 0 Å². The topological polar surface area (TPSA) is 17.1 Å². The molecule has 16 heavy (non-hydrogen) atoms. The van der Waals surface area contributed by atoms with E-state index in [2.05, 4.69) is 46.8 Å². The Morgan fingerprint density at radius 3 is 2.25 bits per heavy atom. The third-order valence-corrected chi connectivity index (χ3v) is 3.21. The highest BCUT2D eigenvalue weighted by molar-refractivity contribution is 5.75. The molecule has 1 nitrogen and oxygen atoms in total. The van der Waals surface area contributed by atoms with Crippen LogP contribution < -0.4 is 0 Å². The Morgan fingerprint density at radius 2 is 1.88 bits per heavy atom. The van der Waals surface area contributed by atoms with Gasteiger partial charge in [0.25, 0.3) is 0 Å². The van der Waals surface area contributed by atoms with Crippen LogP contribution in [0.1, 0.15) is 41.5 Å². The molecule has 0 aromatic heterocycles. The normalized spacial score (nSPS) is 24.8. The third kappa shape index (κ3) is 2.18. The van der Waals surface area contributed by atoms with Gasteiger partial charge in [-0.1, -0.05) is 44.1 Å². The summed E-state index contributed by atoms with van der Waals surface area (Å²) in [5.74, 6) is 0.0177. The molecule has 0 aromatic carbocycles. The predicted molar refractivity (Wildman–Crippen MR) is 69.2 cm³/mol. The summed E-state index contributed by atoms with van der Waals surface area (Å²) in [6, 6.07) is 0. The Morgan fingerprint density at radius 1 is 1.31 bits per heavy atom. The number of carbonyl (C=O) groups excluding carboxylic acids is 1. The van der Waals surface area contributed by atoms with E-state index in [4.69, 9.17) is 0 Å². The van der Waals surface area contributed by atoms with Gasteiger partial charge in [-0.3, -0.25) is 0 Å². The fourth-order valence-electron chi connectivity index (χ4n) is 2.38. The summed E-state index contributed by atoms with van der Waals surface area (Å²) in [4.78, 5) is 11.1. The molecule has 1 atom stereocenters. The molecular formula is C15H22O. The summed E-state index contributed by atoms with van der Waals surface area (Å²) >= 11 is 0. The molecule has 0 amide bonds. The van der Waals surface area contributed by atoms with Gasteiger partial charge in [0.05, 0.1) is 5.92 Å². The van der Waals surface area contributed by atoms with Gasteiger partial charge >= 0.3 is 0 Å².